The highest BCUT2D eigenvalue weighted by atomic mass is 16.5. The van der Waals surface area contributed by atoms with Gasteiger partial charge in [0, 0.05) is 12.1 Å². The number of urea groups is 1. The molecule has 0 saturated heterocycles. The zero-order chi connectivity index (χ0) is 11.4. The summed E-state index contributed by atoms with van der Waals surface area (Å²) in [5, 5.41) is 9.52. The van der Waals surface area contributed by atoms with Gasteiger partial charge in [-0.25, -0.2) is 4.79 Å². The lowest BCUT2D eigenvalue weighted by Crippen LogP contribution is -2.40. The third kappa shape index (κ3) is 2.98. The normalized spacial score (nSPS) is 16.3. The number of nitrogens with zero attached hydrogens (tertiary/aromatic N) is 1. The second-order valence-corrected chi connectivity index (χ2v) is 4.24. The Bertz CT molecular complexity index is 356. The lowest BCUT2D eigenvalue weighted by molar-refractivity contribution is 0.236. The topological polar surface area (TPSA) is 67.2 Å². The van der Waals surface area contributed by atoms with Crippen molar-refractivity contribution < 1.29 is 9.32 Å². The average molecular weight is 223 g/mol. The van der Waals surface area contributed by atoms with Crippen molar-refractivity contribution in [2.75, 3.05) is 0 Å². The first kappa shape index (κ1) is 11.0. The average Bonchev–Trinajstić information content (AvgIpc) is 2.87. The van der Waals surface area contributed by atoms with Crippen LogP contribution in [0.4, 0.5) is 4.79 Å². The molecule has 1 saturated carbocycles. The van der Waals surface area contributed by atoms with E-state index in [9.17, 15) is 4.79 Å². The summed E-state index contributed by atoms with van der Waals surface area (Å²) in [6.45, 7) is 2.24. The van der Waals surface area contributed by atoms with Gasteiger partial charge in [0.2, 0.25) is 0 Å². The van der Waals surface area contributed by atoms with E-state index < -0.39 is 0 Å². The molecular formula is C11H17N3O2. The van der Waals surface area contributed by atoms with Crippen molar-refractivity contribution in [2.24, 2.45) is 0 Å². The molecule has 5 heteroatoms. The summed E-state index contributed by atoms with van der Waals surface area (Å²) < 4.78 is 4.91. The molecular weight excluding hydrogens is 206 g/mol. The molecule has 2 N–H and O–H groups in total. The molecule has 88 valence electrons. The lowest BCUT2D eigenvalue weighted by atomic mass is 10.2. The Labute approximate surface area is 94.6 Å². The minimum Gasteiger partial charge on any atom is -0.361 e. The van der Waals surface area contributed by atoms with Gasteiger partial charge in [-0.3, -0.25) is 0 Å². The monoisotopic (exact) mass is 223 g/mol. The maximum Gasteiger partial charge on any atom is 0.315 e. The van der Waals surface area contributed by atoms with Gasteiger partial charge in [0.1, 0.15) is 11.5 Å². The van der Waals surface area contributed by atoms with Gasteiger partial charge in [-0.05, 0) is 19.8 Å². The van der Waals surface area contributed by atoms with Crippen molar-refractivity contribution in [3.63, 3.8) is 0 Å². The Morgan fingerprint density at radius 2 is 2.31 bits per heavy atom. The van der Waals surface area contributed by atoms with E-state index in [2.05, 4.69) is 15.8 Å². The quantitative estimate of drug-likeness (QED) is 0.820. The van der Waals surface area contributed by atoms with Crippen LogP contribution in [-0.2, 0) is 6.54 Å². The van der Waals surface area contributed by atoms with Crippen LogP contribution in [0.3, 0.4) is 0 Å². The minimum absolute atomic E-state index is 0.118. The molecule has 1 aliphatic carbocycles. The third-order valence-electron chi connectivity index (χ3n) is 2.80. The fourth-order valence-corrected chi connectivity index (χ4v) is 1.98. The predicted octanol–water partition coefficient (Wildman–Crippen LogP) is 1.72. The van der Waals surface area contributed by atoms with Crippen molar-refractivity contribution in [3.8, 4) is 0 Å². The van der Waals surface area contributed by atoms with Crippen LogP contribution in [0.15, 0.2) is 10.6 Å². The Morgan fingerprint density at radius 1 is 1.56 bits per heavy atom. The van der Waals surface area contributed by atoms with Crippen molar-refractivity contribution in [2.45, 2.75) is 45.2 Å². The van der Waals surface area contributed by atoms with Crippen molar-refractivity contribution in [3.05, 3.63) is 17.5 Å². The van der Waals surface area contributed by atoms with E-state index in [1.807, 2.05) is 13.0 Å². The Hall–Kier alpha value is -1.52. The molecule has 5 nitrogen and oxygen atoms in total. The summed E-state index contributed by atoms with van der Waals surface area (Å²) in [7, 11) is 0. The van der Waals surface area contributed by atoms with Gasteiger partial charge in [0.15, 0.2) is 0 Å². The molecule has 0 aliphatic heterocycles. The van der Waals surface area contributed by atoms with E-state index in [1.54, 1.807) is 0 Å². The SMILES string of the molecule is Cc1cc(CNC(=O)NC2CCCC2)no1. The van der Waals surface area contributed by atoms with Crippen LogP contribution in [0.25, 0.3) is 0 Å². The van der Waals surface area contributed by atoms with Crippen molar-refractivity contribution in [1.29, 1.82) is 0 Å². The molecule has 16 heavy (non-hydrogen) atoms. The zero-order valence-electron chi connectivity index (χ0n) is 9.45. The fraction of sp³-hybridized carbons (Fsp3) is 0.636. The van der Waals surface area contributed by atoms with Gasteiger partial charge in [0.05, 0.1) is 6.54 Å². The number of carbonyl (C=O) groups is 1. The highest BCUT2D eigenvalue weighted by molar-refractivity contribution is 5.74. The molecule has 0 bridgehead atoms. The Kier molecular flexibility index (Phi) is 3.44. The number of amides is 2. The molecule has 1 aliphatic rings. The molecule has 1 aromatic heterocycles. The molecule has 2 rings (SSSR count). The fourth-order valence-electron chi connectivity index (χ4n) is 1.98. The summed E-state index contributed by atoms with van der Waals surface area (Å²) >= 11 is 0. The highest BCUT2D eigenvalue weighted by Gasteiger charge is 2.16. The number of hydrogen-bond donors (Lipinski definition) is 2. The summed E-state index contributed by atoms with van der Waals surface area (Å²) in [6.07, 6.45) is 4.62. The molecule has 0 unspecified atom stereocenters. The summed E-state index contributed by atoms with van der Waals surface area (Å²) in [5.41, 5.74) is 0.749. The smallest absolute Gasteiger partial charge is 0.315 e. The van der Waals surface area contributed by atoms with E-state index in [4.69, 9.17) is 4.52 Å². The van der Waals surface area contributed by atoms with Crippen LogP contribution in [0, 0.1) is 6.92 Å². The van der Waals surface area contributed by atoms with Crippen molar-refractivity contribution in [1.82, 2.24) is 15.8 Å². The number of nitrogens with one attached hydrogen (secondary N) is 2. The second kappa shape index (κ2) is 5.01. The molecule has 0 spiro atoms. The van der Waals surface area contributed by atoms with Crippen LogP contribution >= 0.6 is 0 Å². The number of aryl methyl sites for hydroxylation is 1. The molecule has 0 aromatic carbocycles. The molecule has 0 radical (unpaired) electrons. The van der Waals surface area contributed by atoms with Gasteiger partial charge in [0.25, 0.3) is 0 Å². The minimum atomic E-state index is -0.118. The first-order chi connectivity index (χ1) is 7.74. The van der Waals surface area contributed by atoms with E-state index >= 15 is 0 Å². The molecule has 1 fully saturated rings. The lowest BCUT2D eigenvalue weighted by Gasteiger charge is -2.11. The van der Waals surface area contributed by atoms with Gasteiger partial charge in [-0.2, -0.15) is 0 Å². The molecule has 2 amide bonds. The van der Waals surface area contributed by atoms with Crippen LogP contribution in [0.5, 0.6) is 0 Å². The Morgan fingerprint density at radius 3 is 2.94 bits per heavy atom. The summed E-state index contributed by atoms with van der Waals surface area (Å²) in [4.78, 5) is 11.5. The number of aromatic nitrogens is 1. The van der Waals surface area contributed by atoms with E-state index in [0.717, 1.165) is 24.3 Å². The molecule has 1 heterocycles. The Balaban J connectivity index is 1.71. The highest BCUT2D eigenvalue weighted by Crippen LogP contribution is 2.17. The first-order valence-electron chi connectivity index (χ1n) is 5.70. The predicted molar refractivity (Wildman–Crippen MR) is 58.9 cm³/mol. The number of rotatable bonds is 3. The standard InChI is InChI=1S/C11H17N3O2/c1-8-6-10(14-16-8)7-12-11(15)13-9-4-2-3-5-9/h6,9H,2-5,7H2,1H3,(H2,12,13,15). The van der Waals surface area contributed by atoms with E-state index in [0.29, 0.717) is 12.6 Å². The van der Waals surface area contributed by atoms with Gasteiger partial charge in [-0.1, -0.05) is 18.0 Å². The van der Waals surface area contributed by atoms with Crippen molar-refractivity contribution >= 4 is 6.03 Å². The number of carbonyl (C=O) groups excluding carboxylic acids is 1. The summed E-state index contributed by atoms with van der Waals surface area (Å²) in [5.74, 6) is 0.757. The van der Waals surface area contributed by atoms with Crippen LogP contribution in [0.2, 0.25) is 0 Å². The van der Waals surface area contributed by atoms with E-state index in [-0.39, 0.29) is 6.03 Å². The third-order valence-corrected chi connectivity index (χ3v) is 2.80. The first-order valence-corrected chi connectivity index (χ1v) is 5.70. The van der Waals surface area contributed by atoms with Gasteiger partial charge >= 0.3 is 6.03 Å². The van der Waals surface area contributed by atoms with Gasteiger partial charge < -0.3 is 15.2 Å². The summed E-state index contributed by atoms with van der Waals surface area (Å²) in [6, 6.07) is 2.04. The largest absolute Gasteiger partial charge is 0.361 e. The van der Waals surface area contributed by atoms with E-state index in [1.165, 1.54) is 12.8 Å². The maximum absolute atomic E-state index is 11.5. The zero-order valence-corrected chi connectivity index (χ0v) is 9.45. The van der Waals surface area contributed by atoms with Gasteiger partial charge in [-0.15, -0.1) is 0 Å². The van der Waals surface area contributed by atoms with Crippen LogP contribution < -0.4 is 10.6 Å². The maximum atomic E-state index is 11.5. The number of hydrogen-bond acceptors (Lipinski definition) is 3. The van der Waals surface area contributed by atoms with Crippen LogP contribution in [0.1, 0.15) is 37.1 Å². The van der Waals surface area contributed by atoms with Crippen LogP contribution in [-0.4, -0.2) is 17.2 Å². The molecule has 1 aromatic rings. The second-order valence-electron chi connectivity index (χ2n) is 4.24. The molecule has 0 atom stereocenters.